The number of halogens is 1. The minimum absolute atomic E-state index is 0. The van der Waals surface area contributed by atoms with Gasteiger partial charge in [0.25, 0.3) is 5.96 Å². The molecule has 0 unspecified atom stereocenters. The lowest BCUT2D eigenvalue weighted by molar-refractivity contribution is -0.782. The molecule has 4 heteroatoms. The fourth-order valence-electron chi connectivity index (χ4n) is 1.10. The van der Waals surface area contributed by atoms with Crippen LogP contribution in [0.25, 0.3) is 0 Å². The Morgan fingerprint density at radius 2 is 1.55 bits per heavy atom. The fraction of sp³-hybridized carbons (Fsp3) is 0.857. The molecule has 11 heavy (non-hydrogen) atoms. The quantitative estimate of drug-likeness (QED) is 0.215. The van der Waals surface area contributed by atoms with Crippen LogP contribution in [0.1, 0.15) is 0 Å². The summed E-state index contributed by atoms with van der Waals surface area (Å²) in [7, 11) is 12.1. The van der Waals surface area contributed by atoms with Crippen LogP contribution in [0.4, 0.5) is 0 Å². The Hall–Kier alpha value is -0.640. The van der Waals surface area contributed by atoms with Crippen LogP contribution < -0.4 is 4.70 Å². The number of guanidine groups is 1. The fourth-order valence-corrected chi connectivity index (χ4v) is 1.10. The zero-order valence-electron chi connectivity index (χ0n) is 8.22. The molecule has 0 bridgehead atoms. The summed E-state index contributed by atoms with van der Waals surface area (Å²) >= 11 is 0. The predicted molar refractivity (Wildman–Crippen MR) is 45.1 cm³/mol. The molecule has 0 aliphatic rings. The molecule has 0 aliphatic carbocycles. The van der Waals surface area contributed by atoms with Crippen LogP contribution >= 0.6 is 0 Å². The minimum Gasteiger partial charge on any atom is -1.00 e. The standard InChI is InChI=1S/C7H18N3.FH/c1-8-7(9(2)3)10(4,5)6;/h1-6H3;1H/q+1;/p-1. The third-order valence-corrected chi connectivity index (χ3v) is 1.20. The summed E-state index contributed by atoms with van der Waals surface area (Å²) in [5.41, 5.74) is 0. The van der Waals surface area contributed by atoms with E-state index in [2.05, 4.69) is 26.1 Å². The molecular weight excluding hydrogens is 145 g/mol. The van der Waals surface area contributed by atoms with E-state index >= 15 is 0 Å². The number of hydrogen-bond donors (Lipinski definition) is 0. The molecule has 0 spiro atoms. The van der Waals surface area contributed by atoms with Gasteiger partial charge in [-0.3, -0.25) is 4.48 Å². The van der Waals surface area contributed by atoms with Crippen LogP contribution in [-0.4, -0.2) is 57.6 Å². The highest BCUT2D eigenvalue weighted by Crippen LogP contribution is 1.96. The first kappa shape index (κ1) is 13.0. The van der Waals surface area contributed by atoms with Gasteiger partial charge in [0.2, 0.25) is 0 Å². The van der Waals surface area contributed by atoms with Crippen molar-refractivity contribution < 1.29 is 9.19 Å². The maximum Gasteiger partial charge on any atom is 0.298 e. The van der Waals surface area contributed by atoms with Gasteiger partial charge < -0.3 is 9.60 Å². The number of aliphatic imine (C=N–C) groups is 1. The molecule has 0 heterocycles. The molecule has 0 saturated carbocycles. The number of quaternary nitrogens is 1. The first-order valence-corrected chi connectivity index (χ1v) is 3.35. The molecule has 68 valence electrons. The van der Waals surface area contributed by atoms with Gasteiger partial charge in [-0.15, -0.1) is 0 Å². The molecule has 0 rings (SSSR count). The maximum atomic E-state index is 4.17. The van der Waals surface area contributed by atoms with Crippen LogP contribution in [0.5, 0.6) is 0 Å². The van der Waals surface area contributed by atoms with E-state index in [1.807, 2.05) is 26.0 Å². The molecular formula is C7H18FN3. The summed E-state index contributed by atoms with van der Waals surface area (Å²) in [6.45, 7) is 0. The van der Waals surface area contributed by atoms with Gasteiger partial charge in [0.1, 0.15) is 0 Å². The van der Waals surface area contributed by atoms with Gasteiger partial charge in [0, 0.05) is 21.1 Å². The average Bonchev–Trinajstić information content (AvgIpc) is 1.60. The normalized spacial score (nSPS) is 12.4. The Labute approximate surface area is 68.3 Å². The Bertz CT molecular complexity index is 135. The highest BCUT2D eigenvalue weighted by Gasteiger charge is 2.18. The van der Waals surface area contributed by atoms with Crippen LogP contribution in [-0.2, 0) is 0 Å². The van der Waals surface area contributed by atoms with Crippen molar-refractivity contribution in [3.05, 3.63) is 0 Å². The van der Waals surface area contributed by atoms with E-state index < -0.39 is 0 Å². The van der Waals surface area contributed by atoms with Crippen molar-refractivity contribution in [3.8, 4) is 0 Å². The van der Waals surface area contributed by atoms with Gasteiger partial charge in [-0.05, 0) is 0 Å². The lowest BCUT2D eigenvalue weighted by atomic mass is 10.6. The third-order valence-electron chi connectivity index (χ3n) is 1.20. The third kappa shape index (κ3) is 3.93. The smallest absolute Gasteiger partial charge is 0.298 e. The van der Waals surface area contributed by atoms with Gasteiger partial charge in [0.15, 0.2) is 0 Å². The summed E-state index contributed by atoms with van der Waals surface area (Å²) in [5.74, 6) is 1.07. The van der Waals surface area contributed by atoms with Crippen molar-refractivity contribution in [1.29, 1.82) is 0 Å². The summed E-state index contributed by atoms with van der Waals surface area (Å²) in [6, 6.07) is 0. The van der Waals surface area contributed by atoms with E-state index in [0.29, 0.717) is 0 Å². The number of hydrogen-bond acceptors (Lipinski definition) is 1. The second-order valence-corrected chi connectivity index (χ2v) is 3.43. The van der Waals surface area contributed by atoms with Gasteiger partial charge in [-0.25, -0.2) is 4.99 Å². The number of rotatable bonds is 0. The first-order valence-electron chi connectivity index (χ1n) is 3.35. The van der Waals surface area contributed by atoms with Crippen LogP contribution in [0, 0.1) is 0 Å². The molecule has 0 radical (unpaired) electrons. The van der Waals surface area contributed by atoms with Crippen LogP contribution in [0.3, 0.4) is 0 Å². The largest absolute Gasteiger partial charge is 1.00 e. The summed E-state index contributed by atoms with van der Waals surface area (Å²) < 4.78 is 0.767. The number of nitrogens with zero attached hydrogens (tertiary/aromatic N) is 3. The Morgan fingerprint density at radius 3 is 1.55 bits per heavy atom. The average molecular weight is 163 g/mol. The van der Waals surface area contributed by atoms with Crippen molar-refractivity contribution in [3.63, 3.8) is 0 Å². The first-order chi connectivity index (χ1) is 4.39. The van der Waals surface area contributed by atoms with Crippen molar-refractivity contribution in [2.24, 2.45) is 4.99 Å². The second kappa shape index (κ2) is 4.28. The van der Waals surface area contributed by atoms with Crippen LogP contribution in [0.15, 0.2) is 4.99 Å². The Kier molecular flexibility index (Phi) is 5.06. The zero-order valence-corrected chi connectivity index (χ0v) is 8.22. The highest BCUT2D eigenvalue weighted by atomic mass is 19.0. The highest BCUT2D eigenvalue weighted by molar-refractivity contribution is 5.72. The molecule has 3 nitrogen and oxygen atoms in total. The van der Waals surface area contributed by atoms with Crippen molar-refractivity contribution in [2.45, 2.75) is 0 Å². The topological polar surface area (TPSA) is 15.6 Å². The van der Waals surface area contributed by atoms with E-state index in [1.54, 1.807) is 0 Å². The summed E-state index contributed by atoms with van der Waals surface area (Å²) in [5, 5.41) is 0. The van der Waals surface area contributed by atoms with Gasteiger partial charge in [-0.1, -0.05) is 0 Å². The van der Waals surface area contributed by atoms with Crippen molar-refractivity contribution >= 4 is 5.96 Å². The molecule has 0 saturated heterocycles. The van der Waals surface area contributed by atoms with Crippen LogP contribution in [0.2, 0.25) is 0 Å². The Balaban J connectivity index is 0. The zero-order chi connectivity index (χ0) is 8.36. The van der Waals surface area contributed by atoms with E-state index in [-0.39, 0.29) is 4.70 Å². The monoisotopic (exact) mass is 163 g/mol. The predicted octanol–water partition coefficient (Wildman–Crippen LogP) is -2.76. The lowest BCUT2D eigenvalue weighted by Crippen LogP contribution is -3.00. The maximum absolute atomic E-state index is 4.17. The second-order valence-electron chi connectivity index (χ2n) is 3.43. The minimum atomic E-state index is 0. The van der Waals surface area contributed by atoms with Gasteiger partial charge in [-0.2, -0.15) is 0 Å². The molecule has 0 amide bonds. The van der Waals surface area contributed by atoms with E-state index in [9.17, 15) is 0 Å². The molecule has 0 aliphatic heterocycles. The molecule has 0 N–H and O–H groups in total. The van der Waals surface area contributed by atoms with E-state index in [4.69, 9.17) is 0 Å². The Morgan fingerprint density at radius 1 is 1.18 bits per heavy atom. The van der Waals surface area contributed by atoms with Crippen molar-refractivity contribution in [2.75, 3.05) is 42.3 Å². The molecule has 0 atom stereocenters. The van der Waals surface area contributed by atoms with Gasteiger partial charge >= 0.3 is 0 Å². The summed E-state index contributed by atoms with van der Waals surface area (Å²) in [6.07, 6.45) is 0. The molecule has 0 aromatic heterocycles. The lowest BCUT2D eigenvalue weighted by Gasteiger charge is -2.28. The van der Waals surface area contributed by atoms with Crippen molar-refractivity contribution in [1.82, 2.24) is 4.90 Å². The van der Waals surface area contributed by atoms with Gasteiger partial charge in [0.05, 0.1) is 21.1 Å². The molecule has 0 aromatic carbocycles. The molecule has 0 aromatic rings. The summed E-state index contributed by atoms with van der Waals surface area (Å²) in [4.78, 5) is 6.20. The SMILES string of the molecule is CN=C(N(C)C)[N+](C)(C)C.[F-]. The molecule has 0 fully saturated rings. The van der Waals surface area contributed by atoms with E-state index in [0.717, 1.165) is 10.4 Å². The van der Waals surface area contributed by atoms with E-state index in [1.165, 1.54) is 0 Å².